The van der Waals surface area contributed by atoms with Crippen LogP contribution in [0.25, 0.3) is 0 Å². The van der Waals surface area contributed by atoms with Gasteiger partial charge in [0, 0.05) is 21.2 Å². The standard InChI is InChI=1S/C16H13Cl2NO3/c1-19-7-14(22)8-5-12(20)13(21)6-9(8)16(19)15-10(17)3-2-4-11(15)18/h2-6,16,20-21H,7H2,1H3/t16-/m0/s1. The average Bonchev–Trinajstić information content (AvgIpc) is 2.44. The molecule has 0 fully saturated rings. The SMILES string of the molecule is CN1CC(=O)c2cc(O)c(O)cc2[C@H]1c1c(Cl)cccc1Cl. The van der Waals surface area contributed by atoms with E-state index in [2.05, 4.69) is 0 Å². The van der Waals surface area contributed by atoms with E-state index in [0.29, 0.717) is 26.7 Å². The zero-order chi connectivity index (χ0) is 16.0. The number of phenolic OH excluding ortho intramolecular Hbond substituents is 2. The van der Waals surface area contributed by atoms with Gasteiger partial charge in [0.25, 0.3) is 0 Å². The van der Waals surface area contributed by atoms with Gasteiger partial charge in [0.15, 0.2) is 17.3 Å². The minimum atomic E-state index is -0.375. The Hall–Kier alpha value is -1.75. The Morgan fingerprint density at radius 1 is 1.14 bits per heavy atom. The maximum absolute atomic E-state index is 12.2. The number of phenols is 2. The summed E-state index contributed by atoms with van der Waals surface area (Å²) in [7, 11) is 1.79. The van der Waals surface area contributed by atoms with Crippen LogP contribution in [0.2, 0.25) is 10.0 Å². The van der Waals surface area contributed by atoms with Crippen molar-refractivity contribution < 1.29 is 15.0 Å². The largest absolute Gasteiger partial charge is 0.504 e. The Balaban J connectivity index is 2.28. The van der Waals surface area contributed by atoms with Crippen LogP contribution in [-0.2, 0) is 0 Å². The second-order valence-electron chi connectivity index (χ2n) is 5.30. The molecular weight excluding hydrogens is 325 g/mol. The molecule has 0 aliphatic carbocycles. The summed E-state index contributed by atoms with van der Waals surface area (Å²) in [4.78, 5) is 14.0. The summed E-state index contributed by atoms with van der Waals surface area (Å²) < 4.78 is 0. The third-order valence-corrected chi connectivity index (χ3v) is 4.51. The molecule has 0 radical (unpaired) electrons. The number of ketones is 1. The van der Waals surface area contributed by atoms with Gasteiger partial charge in [-0.3, -0.25) is 9.69 Å². The van der Waals surface area contributed by atoms with Gasteiger partial charge in [-0.15, -0.1) is 0 Å². The first-order valence-corrected chi connectivity index (χ1v) is 7.39. The summed E-state index contributed by atoms with van der Waals surface area (Å²) in [6, 6.07) is 7.51. The molecule has 6 heteroatoms. The molecule has 2 N–H and O–H groups in total. The summed E-state index contributed by atoms with van der Waals surface area (Å²) >= 11 is 12.6. The molecule has 0 spiro atoms. The van der Waals surface area contributed by atoms with Crippen LogP contribution in [0.3, 0.4) is 0 Å². The van der Waals surface area contributed by atoms with E-state index in [1.165, 1.54) is 12.1 Å². The third-order valence-electron chi connectivity index (χ3n) is 3.85. The Labute approximate surface area is 137 Å². The maximum Gasteiger partial charge on any atom is 0.177 e. The zero-order valence-corrected chi connectivity index (χ0v) is 13.2. The van der Waals surface area contributed by atoms with Crippen LogP contribution in [-0.4, -0.2) is 34.5 Å². The minimum Gasteiger partial charge on any atom is -0.504 e. The van der Waals surface area contributed by atoms with E-state index in [9.17, 15) is 15.0 Å². The molecule has 0 bridgehead atoms. The average molecular weight is 338 g/mol. The highest BCUT2D eigenvalue weighted by Gasteiger charge is 2.34. The molecule has 0 saturated carbocycles. The number of nitrogens with zero attached hydrogens (tertiary/aromatic N) is 1. The monoisotopic (exact) mass is 337 g/mol. The number of halogens is 2. The molecule has 0 amide bonds. The van der Waals surface area contributed by atoms with Crippen molar-refractivity contribution in [3.05, 3.63) is 57.1 Å². The van der Waals surface area contributed by atoms with Crippen molar-refractivity contribution in [2.75, 3.05) is 13.6 Å². The van der Waals surface area contributed by atoms with E-state index < -0.39 is 0 Å². The van der Waals surface area contributed by atoms with Crippen LogP contribution in [0.4, 0.5) is 0 Å². The van der Waals surface area contributed by atoms with Gasteiger partial charge in [-0.1, -0.05) is 29.3 Å². The van der Waals surface area contributed by atoms with Crippen LogP contribution in [0.5, 0.6) is 11.5 Å². The van der Waals surface area contributed by atoms with Gasteiger partial charge in [-0.2, -0.15) is 0 Å². The summed E-state index contributed by atoms with van der Waals surface area (Å²) in [6.07, 6.45) is 0. The van der Waals surface area contributed by atoms with E-state index >= 15 is 0 Å². The molecule has 22 heavy (non-hydrogen) atoms. The fourth-order valence-corrected chi connectivity index (χ4v) is 3.45. The normalized spacial score (nSPS) is 18.3. The van der Waals surface area contributed by atoms with Crippen LogP contribution in [0.1, 0.15) is 27.5 Å². The number of carbonyl (C=O) groups excluding carboxylic acids is 1. The third kappa shape index (κ3) is 2.33. The van der Waals surface area contributed by atoms with Crippen molar-refractivity contribution in [3.8, 4) is 11.5 Å². The first-order valence-electron chi connectivity index (χ1n) is 6.63. The van der Waals surface area contributed by atoms with E-state index in [4.69, 9.17) is 23.2 Å². The molecule has 1 heterocycles. The van der Waals surface area contributed by atoms with Crippen LogP contribution in [0.15, 0.2) is 30.3 Å². The first kappa shape index (κ1) is 15.2. The Kier molecular flexibility index (Phi) is 3.77. The van der Waals surface area contributed by atoms with Gasteiger partial charge in [0.1, 0.15) is 0 Å². The molecule has 2 aromatic rings. The van der Waals surface area contributed by atoms with Crippen molar-refractivity contribution in [3.63, 3.8) is 0 Å². The molecule has 114 valence electrons. The first-order chi connectivity index (χ1) is 10.4. The van der Waals surface area contributed by atoms with Gasteiger partial charge in [0.2, 0.25) is 0 Å². The second-order valence-corrected chi connectivity index (χ2v) is 6.12. The molecule has 0 unspecified atom stereocenters. The van der Waals surface area contributed by atoms with Crippen molar-refractivity contribution in [2.24, 2.45) is 0 Å². The van der Waals surface area contributed by atoms with Gasteiger partial charge >= 0.3 is 0 Å². The molecule has 4 nitrogen and oxygen atoms in total. The summed E-state index contributed by atoms with van der Waals surface area (Å²) in [5, 5.41) is 20.4. The molecule has 0 saturated heterocycles. The lowest BCUT2D eigenvalue weighted by atomic mass is 9.87. The predicted molar refractivity (Wildman–Crippen MR) is 85.0 cm³/mol. The summed E-state index contributed by atoms with van der Waals surface area (Å²) in [5.74, 6) is -0.733. The summed E-state index contributed by atoms with van der Waals surface area (Å²) in [6.45, 7) is 0.170. The Morgan fingerprint density at radius 3 is 2.36 bits per heavy atom. The Bertz CT molecular complexity index is 756. The molecule has 0 aromatic heterocycles. The number of fused-ring (bicyclic) bond motifs is 1. The molecule has 1 aliphatic rings. The minimum absolute atomic E-state index is 0.132. The molecule has 1 atom stereocenters. The van der Waals surface area contributed by atoms with Crippen molar-refractivity contribution in [1.29, 1.82) is 0 Å². The molecule has 1 aliphatic heterocycles. The van der Waals surface area contributed by atoms with E-state index in [-0.39, 0.29) is 29.9 Å². The van der Waals surface area contributed by atoms with Crippen molar-refractivity contribution in [2.45, 2.75) is 6.04 Å². The van der Waals surface area contributed by atoms with Crippen molar-refractivity contribution in [1.82, 2.24) is 4.90 Å². The van der Waals surface area contributed by atoms with Crippen LogP contribution < -0.4 is 0 Å². The second kappa shape index (κ2) is 5.47. The van der Waals surface area contributed by atoms with Gasteiger partial charge in [0.05, 0.1) is 12.6 Å². The zero-order valence-electron chi connectivity index (χ0n) is 11.7. The van der Waals surface area contributed by atoms with Gasteiger partial charge in [-0.25, -0.2) is 0 Å². The predicted octanol–water partition coefficient (Wildman–Crippen LogP) is 3.62. The van der Waals surface area contributed by atoms with Crippen LogP contribution >= 0.6 is 23.2 Å². The highest BCUT2D eigenvalue weighted by Crippen LogP contribution is 2.43. The maximum atomic E-state index is 12.2. The lowest BCUT2D eigenvalue weighted by molar-refractivity contribution is 0.0903. The number of benzene rings is 2. The fourth-order valence-electron chi connectivity index (χ4n) is 2.85. The number of aromatic hydroxyl groups is 2. The van der Waals surface area contributed by atoms with Crippen molar-refractivity contribution >= 4 is 29.0 Å². The number of carbonyl (C=O) groups is 1. The summed E-state index contributed by atoms with van der Waals surface area (Å²) in [5.41, 5.74) is 1.62. The molecule has 3 rings (SSSR count). The molecular formula is C16H13Cl2NO3. The number of hydrogen-bond donors (Lipinski definition) is 2. The van der Waals surface area contributed by atoms with Gasteiger partial charge in [-0.05, 0) is 36.9 Å². The number of likely N-dealkylation sites (N-methyl/N-ethyl adjacent to an activating group) is 1. The smallest absolute Gasteiger partial charge is 0.177 e. The number of Topliss-reactive ketones (excluding diaryl/α,β-unsaturated/α-hetero) is 1. The Morgan fingerprint density at radius 2 is 1.73 bits per heavy atom. The lowest BCUT2D eigenvalue weighted by Gasteiger charge is -2.35. The van der Waals surface area contributed by atoms with Crippen LogP contribution in [0, 0.1) is 0 Å². The quantitative estimate of drug-likeness (QED) is 0.780. The van der Waals surface area contributed by atoms with E-state index in [0.717, 1.165) is 0 Å². The fraction of sp³-hybridized carbons (Fsp3) is 0.188. The number of hydrogen-bond acceptors (Lipinski definition) is 4. The highest BCUT2D eigenvalue weighted by molar-refractivity contribution is 6.36. The van der Waals surface area contributed by atoms with E-state index in [1.54, 1.807) is 25.2 Å². The highest BCUT2D eigenvalue weighted by atomic mass is 35.5. The lowest BCUT2D eigenvalue weighted by Crippen LogP contribution is -2.37. The molecule has 2 aromatic carbocycles. The topological polar surface area (TPSA) is 60.8 Å². The van der Waals surface area contributed by atoms with Gasteiger partial charge < -0.3 is 10.2 Å². The number of rotatable bonds is 1. The van der Waals surface area contributed by atoms with E-state index in [1.807, 2.05) is 4.90 Å².